The van der Waals surface area contributed by atoms with Crippen molar-refractivity contribution in [2.45, 2.75) is 13.3 Å². The van der Waals surface area contributed by atoms with E-state index in [-0.39, 0.29) is 17.2 Å². The fourth-order valence-electron chi connectivity index (χ4n) is 1.65. The second kappa shape index (κ2) is 5.94. The Balaban J connectivity index is 2.37. The third-order valence-electron chi connectivity index (χ3n) is 2.42. The van der Waals surface area contributed by atoms with Crippen molar-refractivity contribution in [3.05, 3.63) is 36.3 Å². The van der Waals surface area contributed by atoms with Crippen LogP contribution in [0, 0.1) is 5.82 Å². The number of benzene rings is 1. The minimum Gasteiger partial charge on any atom is -0.406 e. The summed E-state index contributed by atoms with van der Waals surface area (Å²) in [5.41, 5.74) is 0.0596. The molecule has 0 amide bonds. The van der Waals surface area contributed by atoms with E-state index in [9.17, 15) is 17.6 Å². The Labute approximate surface area is 117 Å². The van der Waals surface area contributed by atoms with E-state index in [1.165, 1.54) is 12.1 Å². The summed E-state index contributed by atoms with van der Waals surface area (Å²) in [4.78, 5) is 7.66. The van der Waals surface area contributed by atoms with Gasteiger partial charge in [-0.2, -0.15) is 0 Å². The molecule has 21 heavy (non-hydrogen) atoms. The molecule has 0 spiro atoms. The van der Waals surface area contributed by atoms with Crippen LogP contribution in [0.4, 0.5) is 23.5 Å². The lowest BCUT2D eigenvalue weighted by molar-refractivity contribution is -0.274. The summed E-state index contributed by atoms with van der Waals surface area (Å²) in [5.74, 6) is -0.986. The predicted molar refractivity (Wildman–Crippen MR) is 68.3 cm³/mol. The number of rotatable bonds is 4. The first-order chi connectivity index (χ1) is 9.89. The van der Waals surface area contributed by atoms with Crippen molar-refractivity contribution in [2.24, 2.45) is 0 Å². The molecule has 0 bridgehead atoms. The maximum Gasteiger partial charge on any atom is 0.573 e. The van der Waals surface area contributed by atoms with Crippen molar-refractivity contribution in [2.75, 3.05) is 11.9 Å². The third-order valence-corrected chi connectivity index (χ3v) is 2.42. The normalized spacial score (nSPS) is 11.3. The number of nitrogens with one attached hydrogen (secondary N) is 1. The van der Waals surface area contributed by atoms with Crippen LogP contribution >= 0.6 is 0 Å². The zero-order valence-electron chi connectivity index (χ0n) is 10.9. The van der Waals surface area contributed by atoms with Gasteiger partial charge < -0.3 is 10.1 Å². The Morgan fingerprint density at radius 2 is 2.05 bits per heavy atom. The molecule has 112 valence electrons. The Kier molecular flexibility index (Phi) is 4.25. The molecule has 1 aromatic carbocycles. The fraction of sp³-hybridized carbons (Fsp3) is 0.231. The Bertz CT molecular complexity index is 631. The van der Waals surface area contributed by atoms with E-state index in [0.29, 0.717) is 6.54 Å². The number of aromatic nitrogens is 2. The molecule has 0 aliphatic carbocycles. The topological polar surface area (TPSA) is 47.0 Å². The van der Waals surface area contributed by atoms with E-state index in [1.807, 2.05) is 6.92 Å². The van der Waals surface area contributed by atoms with Crippen LogP contribution in [0.1, 0.15) is 6.92 Å². The SMILES string of the molecule is CCNc1ncc(F)c(-c2cccc(OC(F)(F)F)c2)n1. The lowest BCUT2D eigenvalue weighted by atomic mass is 10.1. The van der Waals surface area contributed by atoms with Gasteiger partial charge in [0.2, 0.25) is 5.95 Å². The molecular weight excluding hydrogens is 290 g/mol. The highest BCUT2D eigenvalue weighted by Gasteiger charge is 2.31. The van der Waals surface area contributed by atoms with Gasteiger partial charge in [0, 0.05) is 12.1 Å². The molecule has 0 atom stereocenters. The maximum absolute atomic E-state index is 13.7. The summed E-state index contributed by atoms with van der Waals surface area (Å²) in [6.07, 6.45) is -3.85. The Morgan fingerprint density at radius 1 is 1.29 bits per heavy atom. The molecule has 0 saturated carbocycles. The van der Waals surface area contributed by atoms with E-state index in [2.05, 4.69) is 20.0 Å². The largest absolute Gasteiger partial charge is 0.573 e. The van der Waals surface area contributed by atoms with Crippen LogP contribution in [-0.4, -0.2) is 22.9 Å². The van der Waals surface area contributed by atoms with Gasteiger partial charge in [0.05, 0.1) is 6.20 Å². The molecule has 4 nitrogen and oxygen atoms in total. The standard InChI is InChI=1S/C13H11F4N3O/c1-2-18-12-19-7-10(14)11(20-12)8-4-3-5-9(6-8)21-13(15,16)17/h3-7H,2H2,1H3,(H,18,19,20). The smallest absolute Gasteiger partial charge is 0.406 e. The second-order valence-electron chi connectivity index (χ2n) is 4.00. The predicted octanol–water partition coefficient (Wildman–Crippen LogP) is 3.61. The van der Waals surface area contributed by atoms with Gasteiger partial charge in [-0.3, -0.25) is 0 Å². The van der Waals surface area contributed by atoms with Gasteiger partial charge >= 0.3 is 6.36 Å². The van der Waals surface area contributed by atoms with Crippen LogP contribution in [0.25, 0.3) is 11.3 Å². The van der Waals surface area contributed by atoms with Gasteiger partial charge in [0.15, 0.2) is 5.82 Å². The van der Waals surface area contributed by atoms with Crippen LogP contribution < -0.4 is 10.1 Å². The van der Waals surface area contributed by atoms with Gasteiger partial charge in [-0.15, -0.1) is 13.2 Å². The summed E-state index contributed by atoms with van der Waals surface area (Å²) in [6, 6.07) is 4.95. The molecule has 2 rings (SSSR count). The quantitative estimate of drug-likeness (QED) is 0.876. The van der Waals surface area contributed by atoms with Crippen molar-refractivity contribution in [1.82, 2.24) is 9.97 Å². The van der Waals surface area contributed by atoms with Crippen molar-refractivity contribution in [3.8, 4) is 17.0 Å². The molecule has 2 aromatic rings. The van der Waals surface area contributed by atoms with Crippen LogP contribution in [0.15, 0.2) is 30.5 Å². The number of alkyl halides is 3. The highest BCUT2D eigenvalue weighted by atomic mass is 19.4. The Hall–Kier alpha value is -2.38. The Morgan fingerprint density at radius 3 is 2.71 bits per heavy atom. The third kappa shape index (κ3) is 4.04. The minimum atomic E-state index is -4.81. The molecule has 8 heteroatoms. The highest BCUT2D eigenvalue weighted by Crippen LogP contribution is 2.28. The molecule has 1 N–H and O–H groups in total. The summed E-state index contributed by atoms with van der Waals surface area (Å²) < 4.78 is 54.1. The van der Waals surface area contributed by atoms with Gasteiger partial charge in [0.1, 0.15) is 11.4 Å². The second-order valence-corrected chi connectivity index (χ2v) is 4.00. The summed E-state index contributed by atoms with van der Waals surface area (Å²) in [7, 11) is 0. The van der Waals surface area contributed by atoms with Gasteiger partial charge in [-0.25, -0.2) is 14.4 Å². The van der Waals surface area contributed by atoms with E-state index >= 15 is 0 Å². The van der Waals surface area contributed by atoms with E-state index < -0.39 is 17.9 Å². The number of anilines is 1. The molecule has 0 unspecified atom stereocenters. The maximum atomic E-state index is 13.7. The number of halogens is 4. The number of hydrogen-bond acceptors (Lipinski definition) is 4. The monoisotopic (exact) mass is 301 g/mol. The van der Waals surface area contributed by atoms with Crippen molar-refractivity contribution in [3.63, 3.8) is 0 Å². The average molecular weight is 301 g/mol. The minimum absolute atomic E-state index is 0.103. The summed E-state index contributed by atoms with van der Waals surface area (Å²) in [5, 5.41) is 2.80. The van der Waals surface area contributed by atoms with Crippen LogP contribution in [0.2, 0.25) is 0 Å². The van der Waals surface area contributed by atoms with Crippen LogP contribution in [-0.2, 0) is 0 Å². The number of hydrogen-bond donors (Lipinski definition) is 1. The molecule has 1 heterocycles. The molecule has 1 aromatic heterocycles. The fourth-order valence-corrected chi connectivity index (χ4v) is 1.65. The first-order valence-corrected chi connectivity index (χ1v) is 6.01. The van der Waals surface area contributed by atoms with Crippen molar-refractivity contribution < 1.29 is 22.3 Å². The number of ether oxygens (including phenoxy) is 1. The van der Waals surface area contributed by atoms with Crippen LogP contribution in [0.5, 0.6) is 5.75 Å². The van der Waals surface area contributed by atoms with Gasteiger partial charge in [-0.1, -0.05) is 12.1 Å². The molecular formula is C13H11F4N3O. The zero-order chi connectivity index (χ0) is 15.5. The summed E-state index contributed by atoms with van der Waals surface area (Å²) >= 11 is 0. The van der Waals surface area contributed by atoms with E-state index in [0.717, 1.165) is 18.3 Å². The first-order valence-electron chi connectivity index (χ1n) is 6.01. The lowest BCUT2D eigenvalue weighted by Crippen LogP contribution is -2.17. The zero-order valence-corrected chi connectivity index (χ0v) is 10.9. The lowest BCUT2D eigenvalue weighted by Gasteiger charge is -2.10. The van der Waals surface area contributed by atoms with E-state index in [4.69, 9.17) is 0 Å². The number of nitrogens with zero attached hydrogens (tertiary/aromatic N) is 2. The first kappa shape index (κ1) is 15.0. The van der Waals surface area contributed by atoms with E-state index in [1.54, 1.807) is 0 Å². The van der Waals surface area contributed by atoms with Gasteiger partial charge in [0.25, 0.3) is 0 Å². The molecule has 0 radical (unpaired) electrons. The van der Waals surface area contributed by atoms with Crippen LogP contribution in [0.3, 0.4) is 0 Å². The molecule has 0 saturated heterocycles. The molecule has 0 aliphatic rings. The van der Waals surface area contributed by atoms with Crippen molar-refractivity contribution >= 4 is 5.95 Å². The molecule has 0 fully saturated rings. The average Bonchev–Trinajstić information content (AvgIpc) is 2.39. The highest BCUT2D eigenvalue weighted by molar-refractivity contribution is 5.62. The van der Waals surface area contributed by atoms with Gasteiger partial charge in [-0.05, 0) is 19.1 Å². The summed E-state index contributed by atoms with van der Waals surface area (Å²) in [6.45, 7) is 2.34. The molecule has 0 aliphatic heterocycles. The van der Waals surface area contributed by atoms with Crippen molar-refractivity contribution in [1.29, 1.82) is 0 Å².